The van der Waals surface area contributed by atoms with Crippen LogP contribution in [-0.2, 0) is 19.1 Å². The minimum atomic E-state index is -0.610. The number of esters is 2. The maximum absolute atomic E-state index is 11.8. The Morgan fingerprint density at radius 1 is 1.29 bits per heavy atom. The van der Waals surface area contributed by atoms with Gasteiger partial charge in [-0.15, -0.1) is 11.6 Å². The average Bonchev–Trinajstić information content (AvgIpc) is 2.81. The maximum atomic E-state index is 11.8. The Hall–Kier alpha value is -1.23. The standard InChI is InChI=1S/C14H11Cl3O4/c15-4-3-13(18)20-7-9-6-10(14(19)21-9)8-1-2-11(16)12(17)5-8/h1-2,5-6,9H,3-4,7H2. The number of cyclic esters (lactones) is 1. The van der Waals surface area contributed by atoms with Gasteiger partial charge < -0.3 is 9.47 Å². The number of hydrogen-bond acceptors (Lipinski definition) is 4. The second-order valence-corrected chi connectivity index (χ2v) is 5.47. The highest BCUT2D eigenvalue weighted by molar-refractivity contribution is 6.42. The molecular weight excluding hydrogens is 339 g/mol. The van der Waals surface area contributed by atoms with Crippen LogP contribution in [0.1, 0.15) is 12.0 Å². The average molecular weight is 350 g/mol. The van der Waals surface area contributed by atoms with Crippen molar-refractivity contribution >= 4 is 52.3 Å². The summed E-state index contributed by atoms with van der Waals surface area (Å²) < 4.78 is 10.1. The highest BCUT2D eigenvalue weighted by Gasteiger charge is 2.27. The second-order valence-electron chi connectivity index (χ2n) is 4.27. The van der Waals surface area contributed by atoms with E-state index in [1.54, 1.807) is 24.3 Å². The molecule has 0 spiro atoms. The largest absolute Gasteiger partial charge is 0.461 e. The smallest absolute Gasteiger partial charge is 0.339 e. The number of alkyl halides is 1. The van der Waals surface area contributed by atoms with Crippen molar-refractivity contribution in [1.29, 1.82) is 0 Å². The summed E-state index contributed by atoms with van der Waals surface area (Å²) in [5.74, 6) is -0.739. The van der Waals surface area contributed by atoms with Crippen molar-refractivity contribution in [2.24, 2.45) is 0 Å². The Balaban J connectivity index is 2.06. The molecule has 0 radical (unpaired) electrons. The lowest BCUT2D eigenvalue weighted by molar-refractivity contribution is -0.151. The summed E-state index contributed by atoms with van der Waals surface area (Å²) in [5, 5.41) is 0.749. The normalized spacial score (nSPS) is 17.4. The molecule has 0 N–H and O–H groups in total. The molecule has 0 fully saturated rings. The molecule has 1 aliphatic heterocycles. The zero-order chi connectivity index (χ0) is 15.4. The molecule has 21 heavy (non-hydrogen) atoms. The lowest BCUT2D eigenvalue weighted by Crippen LogP contribution is -2.18. The molecule has 1 aromatic rings. The molecule has 0 aromatic heterocycles. The fourth-order valence-electron chi connectivity index (χ4n) is 1.77. The molecule has 0 saturated carbocycles. The first-order valence-electron chi connectivity index (χ1n) is 6.11. The molecular formula is C14H11Cl3O4. The lowest BCUT2D eigenvalue weighted by Gasteiger charge is -2.08. The molecule has 4 nitrogen and oxygen atoms in total. The van der Waals surface area contributed by atoms with Crippen LogP contribution in [0.4, 0.5) is 0 Å². The van der Waals surface area contributed by atoms with E-state index in [-0.39, 0.29) is 18.9 Å². The van der Waals surface area contributed by atoms with Gasteiger partial charge in [0.05, 0.1) is 22.0 Å². The van der Waals surface area contributed by atoms with Crippen LogP contribution < -0.4 is 0 Å². The molecule has 112 valence electrons. The van der Waals surface area contributed by atoms with Crippen LogP contribution in [-0.4, -0.2) is 30.5 Å². The fourth-order valence-corrected chi connectivity index (χ4v) is 2.23. The molecule has 0 bridgehead atoms. The number of benzene rings is 1. The van der Waals surface area contributed by atoms with Gasteiger partial charge in [-0.3, -0.25) is 4.79 Å². The SMILES string of the molecule is O=C(CCCl)OCC1C=C(c2ccc(Cl)c(Cl)c2)C(=O)O1. The van der Waals surface area contributed by atoms with Gasteiger partial charge in [0.2, 0.25) is 0 Å². The minimum Gasteiger partial charge on any atom is -0.461 e. The van der Waals surface area contributed by atoms with Gasteiger partial charge in [0.1, 0.15) is 6.61 Å². The van der Waals surface area contributed by atoms with Gasteiger partial charge >= 0.3 is 11.9 Å². The number of hydrogen-bond donors (Lipinski definition) is 0. The highest BCUT2D eigenvalue weighted by Crippen LogP contribution is 2.29. The van der Waals surface area contributed by atoms with Crippen molar-refractivity contribution < 1.29 is 19.1 Å². The first-order valence-corrected chi connectivity index (χ1v) is 7.40. The molecule has 2 rings (SSSR count). The van der Waals surface area contributed by atoms with Crippen LogP contribution in [0, 0.1) is 0 Å². The van der Waals surface area contributed by atoms with Gasteiger partial charge in [0.25, 0.3) is 0 Å². The Kier molecular flexibility index (Phi) is 5.51. The van der Waals surface area contributed by atoms with Crippen LogP contribution >= 0.6 is 34.8 Å². The van der Waals surface area contributed by atoms with E-state index in [1.807, 2.05) is 0 Å². The predicted molar refractivity (Wildman–Crippen MR) is 80.6 cm³/mol. The zero-order valence-electron chi connectivity index (χ0n) is 10.8. The summed E-state index contributed by atoms with van der Waals surface area (Å²) in [4.78, 5) is 23.0. The number of rotatable bonds is 5. The first-order chi connectivity index (χ1) is 10.0. The van der Waals surface area contributed by atoms with Crippen molar-refractivity contribution in [2.75, 3.05) is 12.5 Å². The summed E-state index contributed by atoms with van der Waals surface area (Å²) in [7, 11) is 0. The van der Waals surface area contributed by atoms with E-state index in [1.165, 1.54) is 0 Å². The maximum Gasteiger partial charge on any atom is 0.339 e. The predicted octanol–water partition coefficient (Wildman–Crippen LogP) is 3.47. The van der Waals surface area contributed by atoms with Crippen LogP contribution in [0.15, 0.2) is 24.3 Å². The van der Waals surface area contributed by atoms with Crippen LogP contribution in [0.25, 0.3) is 5.57 Å². The van der Waals surface area contributed by atoms with Gasteiger partial charge in [0, 0.05) is 5.88 Å². The van der Waals surface area contributed by atoms with Gasteiger partial charge in [-0.05, 0) is 23.8 Å². The van der Waals surface area contributed by atoms with E-state index >= 15 is 0 Å². The molecule has 1 unspecified atom stereocenters. The summed E-state index contributed by atoms with van der Waals surface area (Å²) >= 11 is 17.2. The zero-order valence-corrected chi connectivity index (χ0v) is 13.0. The molecule has 1 heterocycles. The Bertz CT molecular complexity index is 598. The summed E-state index contributed by atoms with van der Waals surface area (Å²) in [5.41, 5.74) is 0.968. The fraction of sp³-hybridized carbons (Fsp3) is 0.286. The van der Waals surface area contributed by atoms with Crippen molar-refractivity contribution in [2.45, 2.75) is 12.5 Å². The van der Waals surface area contributed by atoms with Crippen molar-refractivity contribution in [3.05, 3.63) is 39.9 Å². The first kappa shape index (κ1) is 16.1. The number of carbonyl (C=O) groups is 2. The van der Waals surface area contributed by atoms with Crippen LogP contribution in [0.2, 0.25) is 10.0 Å². The lowest BCUT2D eigenvalue weighted by atomic mass is 10.1. The van der Waals surface area contributed by atoms with Gasteiger partial charge in [-0.25, -0.2) is 4.79 Å². The molecule has 1 atom stereocenters. The molecule has 0 amide bonds. The third-order valence-electron chi connectivity index (χ3n) is 2.77. The molecule has 1 aromatic carbocycles. The third-order valence-corrected chi connectivity index (χ3v) is 3.70. The molecule has 0 aliphatic carbocycles. The van der Waals surface area contributed by atoms with E-state index in [0.29, 0.717) is 21.2 Å². The van der Waals surface area contributed by atoms with Crippen molar-refractivity contribution in [3.63, 3.8) is 0 Å². The monoisotopic (exact) mass is 348 g/mol. The van der Waals surface area contributed by atoms with E-state index in [0.717, 1.165) is 0 Å². The van der Waals surface area contributed by atoms with Gasteiger partial charge in [-0.1, -0.05) is 29.3 Å². The van der Waals surface area contributed by atoms with Gasteiger partial charge in [0.15, 0.2) is 6.10 Å². The number of ether oxygens (including phenoxy) is 2. The summed E-state index contributed by atoms with van der Waals surface area (Å²) in [6, 6.07) is 4.85. The Morgan fingerprint density at radius 2 is 2.05 bits per heavy atom. The Morgan fingerprint density at radius 3 is 2.71 bits per heavy atom. The number of carbonyl (C=O) groups excluding carboxylic acids is 2. The topological polar surface area (TPSA) is 52.6 Å². The van der Waals surface area contributed by atoms with Crippen LogP contribution in [0.5, 0.6) is 0 Å². The van der Waals surface area contributed by atoms with Crippen LogP contribution in [0.3, 0.4) is 0 Å². The second kappa shape index (κ2) is 7.16. The Labute approximate surface area is 136 Å². The summed E-state index contributed by atoms with van der Waals surface area (Å²) in [6.45, 7) is -0.0354. The summed E-state index contributed by atoms with van der Waals surface area (Å²) in [6.07, 6.45) is 1.10. The molecule has 1 aliphatic rings. The van der Waals surface area contributed by atoms with Gasteiger partial charge in [-0.2, -0.15) is 0 Å². The molecule has 7 heteroatoms. The quantitative estimate of drug-likeness (QED) is 0.603. The van der Waals surface area contributed by atoms with E-state index in [9.17, 15) is 9.59 Å². The van der Waals surface area contributed by atoms with E-state index in [4.69, 9.17) is 44.3 Å². The van der Waals surface area contributed by atoms with E-state index in [2.05, 4.69) is 0 Å². The molecule has 0 saturated heterocycles. The van der Waals surface area contributed by atoms with E-state index < -0.39 is 18.0 Å². The highest BCUT2D eigenvalue weighted by atomic mass is 35.5. The number of halogens is 3. The minimum absolute atomic E-state index is 0.0354. The third kappa shape index (κ3) is 4.13. The van der Waals surface area contributed by atoms with Crippen molar-refractivity contribution in [3.8, 4) is 0 Å². The van der Waals surface area contributed by atoms with Crippen molar-refractivity contribution in [1.82, 2.24) is 0 Å².